The van der Waals surface area contributed by atoms with Gasteiger partial charge in [-0.05, 0) is 49.0 Å². The summed E-state index contributed by atoms with van der Waals surface area (Å²) in [5, 5.41) is 2.04. The summed E-state index contributed by atoms with van der Waals surface area (Å²) in [4.78, 5) is 15.6. The lowest BCUT2D eigenvalue weighted by molar-refractivity contribution is 0.0754. The summed E-state index contributed by atoms with van der Waals surface area (Å²) >= 11 is 1.68. The number of nitrogens with zero attached hydrogens (tertiary/aromatic N) is 1. The number of nitrogens with two attached hydrogens (primary N) is 1. The Bertz CT molecular complexity index is 534. The van der Waals surface area contributed by atoms with Gasteiger partial charge in [-0.15, -0.1) is 11.3 Å². The number of carbonyl (C=O) groups excluding carboxylic acids is 1. The molecule has 2 N–H and O–H groups in total. The number of benzene rings is 1. The van der Waals surface area contributed by atoms with Crippen molar-refractivity contribution >= 4 is 17.2 Å². The topological polar surface area (TPSA) is 46.3 Å². The molecule has 3 nitrogen and oxygen atoms in total. The van der Waals surface area contributed by atoms with Crippen LogP contribution < -0.4 is 5.73 Å². The van der Waals surface area contributed by atoms with Crippen LogP contribution in [-0.2, 0) is 13.0 Å². The molecule has 2 aromatic rings. The SMILES string of the molecule is CCN(Cc1cccs1)C(=O)c1ccc(CCN)cc1. The number of rotatable bonds is 6. The van der Waals surface area contributed by atoms with Gasteiger partial charge < -0.3 is 10.6 Å². The molecular weight excluding hydrogens is 268 g/mol. The highest BCUT2D eigenvalue weighted by molar-refractivity contribution is 7.09. The largest absolute Gasteiger partial charge is 0.334 e. The zero-order valence-corrected chi connectivity index (χ0v) is 12.5. The van der Waals surface area contributed by atoms with Gasteiger partial charge in [0.25, 0.3) is 5.91 Å². The normalized spacial score (nSPS) is 10.5. The molecule has 0 aliphatic rings. The zero-order chi connectivity index (χ0) is 14.4. The Balaban J connectivity index is 2.07. The summed E-state index contributed by atoms with van der Waals surface area (Å²) in [6.45, 7) is 4.03. The Morgan fingerprint density at radius 3 is 2.55 bits per heavy atom. The minimum atomic E-state index is 0.0835. The van der Waals surface area contributed by atoms with Crippen LogP contribution in [0.4, 0.5) is 0 Å². The van der Waals surface area contributed by atoms with Crippen molar-refractivity contribution in [2.24, 2.45) is 5.73 Å². The molecule has 0 radical (unpaired) electrons. The quantitative estimate of drug-likeness (QED) is 0.888. The third-order valence-electron chi connectivity index (χ3n) is 3.23. The Labute approximate surface area is 124 Å². The van der Waals surface area contributed by atoms with E-state index >= 15 is 0 Å². The number of hydrogen-bond donors (Lipinski definition) is 1. The van der Waals surface area contributed by atoms with E-state index < -0.39 is 0 Å². The van der Waals surface area contributed by atoms with Crippen LogP contribution >= 0.6 is 11.3 Å². The van der Waals surface area contributed by atoms with Crippen LogP contribution in [0.2, 0.25) is 0 Å². The predicted molar refractivity (Wildman–Crippen MR) is 83.9 cm³/mol. The van der Waals surface area contributed by atoms with E-state index in [0.29, 0.717) is 19.6 Å². The van der Waals surface area contributed by atoms with Gasteiger partial charge in [0.2, 0.25) is 0 Å². The van der Waals surface area contributed by atoms with Crippen molar-refractivity contribution in [2.45, 2.75) is 19.9 Å². The number of hydrogen-bond acceptors (Lipinski definition) is 3. The highest BCUT2D eigenvalue weighted by Crippen LogP contribution is 2.15. The van der Waals surface area contributed by atoms with E-state index in [9.17, 15) is 4.79 Å². The van der Waals surface area contributed by atoms with Crippen LogP contribution in [0.25, 0.3) is 0 Å². The molecule has 2 rings (SSSR count). The molecule has 0 aliphatic carbocycles. The number of thiophene rings is 1. The number of carbonyl (C=O) groups is 1. The second kappa shape index (κ2) is 7.22. The molecule has 0 bridgehead atoms. The van der Waals surface area contributed by atoms with E-state index in [0.717, 1.165) is 12.0 Å². The van der Waals surface area contributed by atoms with Gasteiger partial charge in [0.1, 0.15) is 0 Å². The lowest BCUT2D eigenvalue weighted by Gasteiger charge is -2.20. The summed E-state index contributed by atoms with van der Waals surface area (Å²) in [5.41, 5.74) is 7.44. The fourth-order valence-electron chi connectivity index (χ4n) is 2.08. The lowest BCUT2D eigenvalue weighted by Crippen LogP contribution is -2.29. The average Bonchev–Trinajstić information content (AvgIpc) is 2.98. The van der Waals surface area contributed by atoms with Crippen molar-refractivity contribution < 1.29 is 4.79 Å². The molecule has 0 saturated heterocycles. The van der Waals surface area contributed by atoms with Crippen molar-refractivity contribution in [1.82, 2.24) is 4.90 Å². The molecule has 1 heterocycles. The minimum Gasteiger partial charge on any atom is -0.334 e. The monoisotopic (exact) mass is 288 g/mol. The molecule has 1 amide bonds. The maximum Gasteiger partial charge on any atom is 0.254 e. The van der Waals surface area contributed by atoms with Crippen LogP contribution in [0.15, 0.2) is 41.8 Å². The van der Waals surface area contributed by atoms with Crippen molar-refractivity contribution in [3.8, 4) is 0 Å². The maximum atomic E-state index is 12.5. The average molecular weight is 288 g/mol. The van der Waals surface area contributed by atoms with Gasteiger partial charge in [0.05, 0.1) is 6.54 Å². The maximum absolute atomic E-state index is 12.5. The number of amides is 1. The van der Waals surface area contributed by atoms with Crippen LogP contribution in [0.5, 0.6) is 0 Å². The Hall–Kier alpha value is -1.65. The predicted octanol–water partition coefficient (Wildman–Crippen LogP) is 2.91. The Morgan fingerprint density at radius 1 is 1.25 bits per heavy atom. The first-order chi connectivity index (χ1) is 9.74. The fraction of sp³-hybridized carbons (Fsp3) is 0.312. The Kier molecular flexibility index (Phi) is 5.32. The second-order valence-electron chi connectivity index (χ2n) is 4.63. The molecule has 20 heavy (non-hydrogen) atoms. The third-order valence-corrected chi connectivity index (χ3v) is 4.09. The molecular formula is C16H20N2OS. The van der Waals surface area contributed by atoms with Gasteiger partial charge in [0.15, 0.2) is 0 Å². The summed E-state index contributed by atoms with van der Waals surface area (Å²) in [6, 6.07) is 11.8. The molecule has 1 aromatic heterocycles. The van der Waals surface area contributed by atoms with Gasteiger partial charge in [-0.3, -0.25) is 4.79 Å². The van der Waals surface area contributed by atoms with Crippen molar-refractivity contribution in [3.63, 3.8) is 0 Å². The highest BCUT2D eigenvalue weighted by atomic mass is 32.1. The first-order valence-electron chi connectivity index (χ1n) is 6.85. The van der Waals surface area contributed by atoms with Gasteiger partial charge >= 0.3 is 0 Å². The van der Waals surface area contributed by atoms with Crippen molar-refractivity contribution in [3.05, 3.63) is 57.8 Å². The van der Waals surface area contributed by atoms with E-state index in [1.807, 2.05) is 47.5 Å². The molecule has 0 unspecified atom stereocenters. The smallest absolute Gasteiger partial charge is 0.254 e. The minimum absolute atomic E-state index is 0.0835. The lowest BCUT2D eigenvalue weighted by atomic mass is 10.1. The Morgan fingerprint density at radius 2 is 2.00 bits per heavy atom. The first-order valence-corrected chi connectivity index (χ1v) is 7.73. The summed E-state index contributed by atoms with van der Waals surface area (Å²) in [6.07, 6.45) is 0.848. The molecule has 4 heteroatoms. The van der Waals surface area contributed by atoms with Gasteiger partial charge in [0, 0.05) is 17.0 Å². The fourth-order valence-corrected chi connectivity index (χ4v) is 2.80. The van der Waals surface area contributed by atoms with Crippen LogP contribution in [-0.4, -0.2) is 23.9 Å². The van der Waals surface area contributed by atoms with Gasteiger partial charge in [-0.2, -0.15) is 0 Å². The molecule has 1 aromatic carbocycles. The van der Waals surface area contributed by atoms with Crippen LogP contribution in [0.3, 0.4) is 0 Å². The standard InChI is InChI=1S/C16H20N2OS/c1-2-18(12-15-4-3-11-20-15)16(19)14-7-5-13(6-8-14)9-10-17/h3-8,11H,2,9-10,12,17H2,1H3. The third kappa shape index (κ3) is 3.68. The summed E-state index contributed by atoms with van der Waals surface area (Å²) in [7, 11) is 0. The van der Waals surface area contributed by atoms with Gasteiger partial charge in [-0.25, -0.2) is 0 Å². The first kappa shape index (κ1) is 14.8. The van der Waals surface area contributed by atoms with E-state index in [-0.39, 0.29) is 5.91 Å². The second-order valence-corrected chi connectivity index (χ2v) is 5.67. The van der Waals surface area contributed by atoms with Crippen molar-refractivity contribution in [1.29, 1.82) is 0 Å². The van der Waals surface area contributed by atoms with E-state index in [1.54, 1.807) is 11.3 Å². The van der Waals surface area contributed by atoms with Crippen molar-refractivity contribution in [2.75, 3.05) is 13.1 Å². The molecule has 0 atom stereocenters. The van der Waals surface area contributed by atoms with E-state index in [4.69, 9.17) is 5.73 Å². The molecule has 0 fully saturated rings. The van der Waals surface area contributed by atoms with Gasteiger partial charge in [-0.1, -0.05) is 18.2 Å². The molecule has 0 aliphatic heterocycles. The summed E-state index contributed by atoms with van der Waals surface area (Å²) in [5.74, 6) is 0.0835. The summed E-state index contributed by atoms with van der Waals surface area (Å²) < 4.78 is 0. The molecule has 106 valence electrons. The molecule has 0 saturated carbocycles. The van der Waals surface area contributed by atoms with E-state index in [1.165, 1.54) is 10.4 Å². The highest BCUT2D eigenvalue weighted by Gasteiger charge is 2.14. The molecule has 0 spiro atoms. The zero-order valence-electron chi connectivity index (χ0n) is 11.7. The van der Waals surface area contributed by atoms with Crippen LogP contribution in [0, 0.1) is 0 Å². The van der Waals surface area contributed by atoms with E-state index in [2.05, 4.69) is 6.07 Å². The van der Waals surface area contributed by atoms with Crippen LogP contribution in [0.1, 0.15) is 27.7 Å².